The first-order valence-corrected chi connectivity index (χ1v) is 12.6. The Balaban J connectivity index is 1.80. The van der Waals surface area contributed by atoms with Gasteiger partial charge in [0.25, 0.3) is 0 Å². The summed E-state index contributed by atoms with van der Waals surface area (Å²) in [6.45, 7) is 3.56. The van der Waals surface area contributed by atoms with E-state index >= 15 is 0 Å². The van der Waals surface area contributed by atoms with Crippen molar-refractivity contribution in [1.29, 1.82) is 0 Å². The Morgan fingerprint density at radius 1 is 1.08 bits per heavy atom. The predicted molar refractivity (Wildman–Crippen MR) is 145 cm³/mol. The van der Waals surface area contributed by atoms with Crippen LogP contribution in [0.3, 0.4) is 0 Å². The third kappa shape index (κ3) is 9.23. The largest absolute Gasteiger partial charge is 0.494 e. The molecule has 0 aromatic heterocycles. The maximum absolute atomic E-state index is 12.6. The normalized spacial score (nSPS) is 17.4. The number of hydrogen-bond acceptors (Lipinski definition) is 8. The number of nitrogens with two attached hydrogens (primary N) is 1. The van der Waals surface area contributed by atoms with E-state index in [0.29, 0.717) is 48.0 Å². The van der Waals surface area contributed by atoms with E-state index in [1.807, 2.05) is 24.3 Å². The molecular weight excluding hydrogens is 519 g/mol. The minimum atomic E-state index is -0.405. The van der Waals surface area contributed by atoms with Crippen molar-refractivity contribution in [3.8, 4) is 5.75 Å². The number of guanidine groups is 1. The molecule has 0 saturated heterocycles. The summed E-state index contributed by atoms with van der Waals surface area (Å²) in [4.78, 5) is 34.3. The molecule has 198 valence electrons. The molecule has 4 aliphatic heterocycles. The Morgan fingerprint density at radius 2 is 1.81 bits per heavy atom. The number of aliphatic imine (C=N–C) groups is 1. The second kappa shape index (κ2) is 14.4. The molecule has 2 aromatic carbocycles. The summed E-state index contributed by atoms with van der Waals surface area (Å²) in [5.41, 5.74) is 8.04. The lowest BCUT2D eigenvalue weighted by molar-refractivity contribution is -0.118. The molecule has 2 aromatic rings. The summed E-state index contributed by atoms with van der Waals surface area (Å²) >= 11 is 12.7. The summed E-state index contributed by atoms with van der Waals surface area (Å²) in [5.74, 6) is -0.0481. The molecule has 0 atom stereocenters. The van der Waals surface area contributed by atoms with Gasteiger partial charge in [0.05, 0.1) is 47.6 Å². The highest BCUT2D eigenvalue weighted by Crippen LogP contribution is 2.32. The number of rotatable bonds is 2. The molecule has 10 nitrogen and oxygen atoms in total. The number of anilines is 1. The van der Waals surface area contributed by atoms with Crippen molar-refractivity contribution in [2.24, 2.45) is 15.9 Å². The molecule has 5 N–H and O–H groups in total. The van der Waals surface area contributed by atoms with Gasteiger partial charge in [-0.25, -0.2) is 4.99 Å². The van der Waals surface area contributed by atoms with Crippen molar-refractivity contribution in [3.63, 3.8) is 0 Å². The maximum Gasteiger partial charge on any atom is 0.238 e. The van der Waals surface area contributed by atoms with Crippen molar-refractivity contribution in [2.45, 2.75) is 32.7 Å². The minimum absolute atomic E-state index is 0.0739. The average Bonchev–Trinajstić information content (AvgIpc) is 2.86. The first kappa shape index (κ1) is 28.2. The Morgan fingerprint density at radius 3 is 2.51 bits per heavy atom. The van der Waals surface area contributed by atoms with E-state index in [1.165, 1.54) is 0 Å². The molecule has 12 heteroatoms. The Kier molecular flexibility index (Phi) is 11.0. The lowest BCUT2D eigenvalue weighted by Crippen LogP contribution is -2.37. The second-order valence-corrected chi connectivity index (χ2v) is 8.94. The number of nitrogens with zero attached hydrogens (tertiary/aromatic N) is 2. The second-order valence-electron chi connectivity index (χ2n) is 8.12. The fourth-order valence-electron chi connectivity index (χ4n) is 3.39. The highest BCUT2D eigenvalue weighted by atomic mass is 35.5. The van der Waals surface area contributed by atoms with Crippen LogP contribution in [0.4, 0.5) is 5.69 Å². The molecular formula is C25H30Cl2N6O4. The third-order valence-corrected chi connectivity index (χ3v) is 5.78. The Bertz CT molecular complexity index is 1130. The van der Waals surface area contributed by atoms with Gasteiger partial charge in [0.15, 0.2) is 5.96 Å². The average molecular weight is 549 g/mol. The summed E-state index contributed by atoms with van der Waals surface area (Å²) in [5, 5.41) is 13.0. The molecule has 4 bridgehead atoms. The van der Waals surface area contributed by atoms with Crippen LogP contribution in [0.5, 0.6) is 5.75 Å². The van der Waals surface area contributed by atoms with Gasteiger partial charge in [0.2, 0.25) is 11.8 Å². The minimum Gasteiger partial charge on any atom is -0.494 e. The number of benzene rings is 2. The van der Waals surface area contributed by atoms with Crippen molar-refractivity contribution >= 4 is 52.4 Å². The summed E-state index contributed by atoms with van der Waals surface area (Å²) in [6.07, 6.45) is 1.55. The summed E-state index contributed by atoms with van der Waals surface area (Å²) in [6, 6.07) is 10.5. The molecule has 4 aliphatic rings. The van der Waals surface area contributed by atoms with Gasteiger partial charge in [-0.3, -0.25) is 14.9 Å². The topological polar surface area (TPSA) is 139 Å². The summed E-state index contributed by atoms with van der Waals surface area (Å²) < 4.78 is 5.79. The molecule has 0 spiro atoms. The fraction of sp³-hybridized carbons (Fsp3) is 0.360. The van der Waals surface area contributed by atoms with E-state index < -0.39 is 5.91 Å². The van der Waals surface area contributed by atoms with Crippen molar-refractivity contribution in [2.75, 3.05) is 31.6 Å². The van der Waals surface area contributed by atoms with E-state index in [1.54, 1.807) is 19.1 Å². The lowest BCUT2D eigenvalue weighted by atomic mass is 10.1. The number of ether oxygens (including phenoxy) is 1. The SMILES string of the molecule is CCO/N=C1/CC(=O)NC(N)=NCc2cc(Cl)c(c(Cl)c2)NC(=O)CNCCCCOc2ccc1cc2. The number of carbonyl (C=O) groups is 2. The molecule has 37 heavy (non-hydrogen) atoms. The maximum atomic E-state index is 12.6. The third-order valence-electron chi connectivity index (χ3n) is 5.19. The van der Waals surface area contributed by atoms with Crippen molar-refractivity contribution in [3.05, 3.63) is 57.6 Å². The first-order chi connectivity index (χ1) is 17.9. The van der Waals surface area contributed by atoms with Gasteiger partial charge in [-0.05, 0) is 68.3 Å². The van der Waals surface area contributed by atoms with Gasteiger partial charge in [0, 0.05) is 5.56 Å². The van der Waals surface area contributed by atoms with E-state index in [2.05, 4.69) is 26.1 Å². The molecule has 2 amide bonds. The molecule has 0 radical (unpaired) electrons. The number of oxime groups is 1. The number of carbonyl (C=O) groups excluding carboxylic acids is 2. The van der Waals surface area contributed by atoms with Gasteiger partial charge in [-0.1, -0.05) is 28.4 Å². The zero-order valence-corrected chi connectivity index (χ0v) is 22.0. The van der Waals surface area contributed by atoms with Crippen LogP contribution in [-0.2, 0) is 21.0 Å². The monoisotopic (exact) mass is 548 g/mol. The van der Waals surface area contributed by atoms with E-state index in [4.69, 9.17) is 38.5 Å². The van der Waals surface area contributed by atoms with E-state index in [0.717, 1.165) is 12.8 Å². The lowest BCUT2D eigenvalue weighted by Gasteiger charge is -2.12. The first-order valence-electron chi connectivity index (χ1n) is 11.9. The molecule has 0 fully saturated rings. The Hall–Kier alpha value is -3.34. The van der Waals surface area contributed by atoms with Crippen LogP contribution in [0, 0.1) is 0 Å². The highest BCUT2D eigenvalue weighted by molar-refractivity contribution is 6.39. The zero-order chi connectivity index (χ0) is 26.6. The fourth-order valence-corrected chi connectivity index (χ4v) is 4.02. The molecule has 6 rings (SSSR count). The van der Waals surface area contributed by atoms with Crippen LogP contribution in [0.1, 0.15) is 37.3 Å². The number of hydrogen-bond donors (Lipinski definition) is 4. The van der Waals surface area contributed by atoms with Gasteiger partial charge < -0.3 is 25.9 Å². The van der Waals surface area contributed by atoms with Crippen LogP contribution in [0.25, 0.3) is 0 Å². The zero-order valence-electron chi connectivity index (χ0n) is 20.5. The van der Waals surface area contributed by atoms with Gasteiger partial charge in [-0.15, -0.1) is 0 Å². The van der Waals surface area contributed by atoms with Crippen LogP contribution < -0.4 is 26.4 Å². The Labute approximate surface area is 225 Å². The molecule has 0 unspecified atom stereocenters. The van der Waals surface area contributed by atoms with E-state index in [9.17, 15) is 9.59 Å². The van der Waals surface area contributed by atoms with E-state index in [-0.39, 0.29) is 41.4 Å². The van der Waals surface area contributed by atoms with Crippen molar-refractivity contribution < 1.29 is 19.2 Å². The standard InChI is InChI=1S/C25H30Cl2N6O4/c1-2-37-33-21-13-22(34)32-25(28)30-14-16-11-19(26)24(20(27)12-16)31-23(35)15-29-9-3-4-10-36-18-7-5-17(21)6-8-18/h5-8,11-12,29H,2-4,9-10,13-15H2,1H3,(H,31,35)(H3,28,30,32,34)/b33-21-. The van der Waals surface area contributed by atoms with Gasteiger partial charge in [0.1, 0.15) is 12.4 Å². The summed E-state index contributed by atoms with van der Waals surface area (Å²) in [7, 11) is 0. The number of amides is 2. The van der Waals surface area contributed by atoms with Crippen LogP contribution in [0.15, 0.2) is 46.5 Å². The number of halogens is 2. The van der Waals surface area contributed by atoms with Gasteiger partial charge >= 0.3 is 0 Å². The molecule has 4 heterocycles. The van der Waals surface area contributed by atoms with Crippen LogP contribution in [-0.4, -0.2) is 49.8 Å². The quantitative estimate of drug-likeness (QED) is 0.423. The molecule has 0 aliphatic carbocycles. The van der Waals surface area contributed by atoms with Crippen molar-refractivity contribution in [1.82, 2.24) is 10.6 Å². The predicted octanol–water partition coefficient (Wildman–Crippen LogP) is 3.46. The van der Waals surface area contributed by atoms with Crippen LogP contribution in [0.2, 0.25) is 10.0 Å². The smallest absolute Gasteiger partial charge is 0.238 e. The number of nitrogens with one attached hydrogen (secondary N) is 3. The van der Waals surface area contributed by atoms with Gasteiger partial charge in [-0.2, -0.15) is 0 Å². The van der Waals surface area contributed by atoms with Crippen LogP contribution >= 0.6 is 23.2 Å². The highest BCUT2D eigenvalue weighted by Gasteiger charge is 2.14. The molecule has 0 saturated carbocycles.